The number of phenolic OH excluding ortho intramolecular Hbond substituents is 1. The van der Waals surface area contributed by atoms with Crippen molar-refractivity contribution in [3.8, 4) is 11.5 Å². The number of ether oxygens (including phenoxy) is 1. The number of hydrogen-bond acceptors (Lipinski definition) is 5. The number of carbonyl (C=O) groups is 2. The number of imide groups is 1. The molecule has 0 aromatic heterocycles. The minimum Gasteiger partial charge on any atom is -0.507 e. The van der Waals surface area contributed by atoms with E-state index in [2.05, 4.69) is 0 Å². The molecule has 26 heavy (non-hydrogen) atoms. The van der Waals surface area contributed by atoms with Crippen LogP contribution < -0.4 is 4.74 Å². The number of rotatable bonds is 5. The average molecular weight is 369 g/mol. The topological polar surface area (TPSA) is 66.8 Å². The van der Waals surface area contributed by atoms with Crippen LogP contribution in [0.5, 0.6) is 11.5 Å². The summed E-state index contributed by atoms with van der Waals surface area (Å²) in [5, 5.41) is 9.58. The molecule has 0 unspecified atom stereocenters. The van der Waals surface area contributed by atoms with Crippen molar-refractivity contribution in [2.75, 3.05) is 13.2 Å². The van der Waals surface area contributed by atoms with Crippen molar-refractivity contribution in [3.05, 3.63) is 64.1 Å². The molecular weight excluding hydrogens is 350 g/mol. The summed E-state index contributed by atoms with van der Waals surface area (Å²) >= 11 is 0.871. The summed E-state index contributed by atoms with van der Waals surface area (Å²) in [4.78, 5) is 26.1. The van der Waals surface area contributed by atoms with Gasteiger partial charge in [-0.05, 0) is 56.0 Å². The average Bonchev–Trinajstić information content (AvgIpc) is 2.87. The summed E-state index contributed by atoms with van der Waals surface area (Å²) in [5.74, 6) is 0.404. The molecular formula is C20H19NO4S. The number of nitrogens with zero attached hydrogens (tertiary/aromatic N) is 1. The van der Waals surface area contributed by atoms with E-state index in [1.54, 1.807) is 24.3 Å². The molecule has 2 aromatic rings. The van der Waals surface area contributed by atoms with Gasteiger partial charge in [0.1, 0.15) is 18.1 Å². The molecule has 0 radical (unpaired) electrons. The van der Waals surface area contributed by atoms with E-state index < -0.39 is 0 Å². The molecule has 0 atom stereocenters. The second-order valence-electron chi connectivity index (χ2n) is 6.06. The number of phenols is 1. The Labute approximate surface area is 156 Å². The fourth-order valence-electron chi connectivity index (χ4n) is 2.51. The molecule has 6 heteroatoms. The van der Waals surface area contributed by atoms with E-state index in [4.69, 9.17) is 4.74 Å². The van der Waals surface area contributed by atoms with Gasteiger partial charge in [0.15, 0.2) is 0 Å². The SMILES string of the molecule is Cc1ccc(OCCN2C(=O)S/C(=C\c3cc(C)ccc3O)C2=O)cc1. The second kappa shape index (κ2) is 7.66. The monoisotopic (exact) mass is 369 g/mol. The van der Waals surface area contributed by atoms with Gasteiger partial charge in [-0.25, -0.2) is 0 Å². The molecule has 0 bridgehead atoms. The highest BCUT2D eigenvalue weighted by atomic mass is 32.2. The summed E-state index contributed by atoms with van der Waals surface area (Å²) in [6.07, 6.45) is 1.55. The van der Waals surface area contributed by atoms with Crippen LogP contribution in [0.25, 0.3) is 6.08 Å². The van der Waals surface area contributed by atoms with Crippen LogP contribution in [-0.2, 0) is 4.79 Å². The molecule has 0 saturated carbocycles. The summed E-state index contributed by atoms with van der Waals surface area (Å²) in [5.41, 5.74) is 2.61. The number of aryl methyl sites for hydroxylation is 2. The molecule has 2 aromatic carbocycles. The number of benzene rings is 2. The van der Waals surface area contributed by atoms with Crippen LogP contribution in [0, 0.1) is 13.8 Å². The zero-order chi connectivity index (χ0) is 18.7. The smallest absolute Gasteiger partial charge is 0.293 e. The van der Waals surface area contributed by atoms with E-state index in [0.717, 1.165) is 27.8 Å². The first-order valence-corrected chi connectivity index (χ1v) is 9.00. The van der Waals surface area contributed by atoms with Crippen LogP contribution in [-0.4, -0.2) is 34.3 Å². The van der Waals surface area contributed by atoms with Gasteiger partial charge in [-0.1, -0.05) is 29.3 Å². The summed E-state index contributed by atoms with van der Waals surface area (Å²) in [6, 6.07) is 12.7. The largest absolute Gasteiger partial charge is 0.507 e. The normalized spacial score (nSPS) is 15.8. The van der Waals surface area contributed by atoms with Crippen LogP contribution >= 0.6 is 11.8 Å². The van der Waals surface area contributed by atoms with Gasteiger partial charge in [-0.15, -0.1) is 0 Å². The van der Waals surface area contributed by atoms with Gasteiger partial charge in [-0.2, -0.15) is 0 Å². The summed E-state index contributed by atoms with van der Waals surface area (Å²) in [6.45, 7) is 4.28. The Morgan fingerprint density at radius 1 is 1.08 bits per heavy atom. The summed E-state index contributed by atoms with van der Waals surface area (Å²) in [7, 11) is 0. The number of aromatic hydroxyl groups is 1. The summed E-state index contributed by atoms with van der Waals surface area (Å²) < 4.78 is 5.59. The third-order valence-corrected chi connectivity index (χ3v) is 4.86. The van der Waals surface area contributed by atoms with Crippen LogP contribution in [0.15, 0.2) is 47.4 Å². The highest BCUT2D eigenvalue weighted by Gasteiger charge is 2.34. The van der Waals surface area contributed by atoms with Crippen LogP contribution in [0.2, 0.25) is 0 Å². The molecule has 5 nitrogen and oxygen atoms in total. The maximum atomic E-state index is 12.5. The first kappa shape index (κ1) is 18.1. The van der Waals surface area contributed by atoms with Crippen molar-refractivity contribution in [2.24, 2.45) is 0 Å². The molecule has 1 fully saturated rings. The van der Waals surface area contributed by atoms with Gasteiger partial charge in [0, 0.05) is 5.56 Å². The van der Waals surface area contributed by atoms with E-state index in [9.17, 15) is 14.7 Å². The number of amides is 2. The predicted octanol–water partition coefficient (Wildman–Crippen LogP) is 4.12. The maximum Gasteiger partial charge on any atom is 0.293 e. The Kier molecular flexibility index (Phi) is 5.32. The standard InChI is InChI=1S/C20H19NO4S/c1-13-3-6-16(7-4-13)25-10-9-21-19(23)18(26-20(21)24)12-15-11-14(2)5-8-17(15)22/h3-8,11-12,22H,9-10H2,1-2H3/b18-12-. The molecule has 1 aliphatic rings. The Balaban J connectivity index is 1.66. The van der Waals surface area contributed by atoms with E-state index in [0.29, 0.717) is 16.2 Å². The third kappa shape index (κ3) is 4.08. The fourth-order valence-corrected chi connectivity index (χ4v) is 3.37. The highest BCUT2D eigenvalue weighted by molar-refractivity contribution is 8.18. The molecule has 1 heterocycles. The number of thioether (sulfide) groups is 1. The van der Waals surface area contributed by atoms with E-state index in [-0.39, 0.29) is 30.0 Å². The first-order valence-electron chi connectivity index (χ1n) is 8.18. The molecule has 0 aliphatic carbocycles. The van der Waals surface area contributed by atoms with Crippen molar-refractivity contribution in [1.82, 2.24) is 4.90 Å². The molecule has 3 rings (SSSR count). The second-order valence-corrected chi connectivity index (χ2v) is 7.05. The third-order valence-electron chi connectivity index (χ3n) is 3.95. The van der Waals surface area contributed by atoms with Crippen molar-refractivity contribution in [2.45, 2.75) is 13.8 Å². The van der Waals surface area contributed by atoms with Crippen LogP contribution in [0.3, 0.4) is 0 Å². The Bertz CT molecular complexity index is 874. The Morgan fingerprint density at radius 2 is 1.77 bits per heavy atom. The van der Waals surface area contributed by atoms with Crippen molar-refractivity contribution >= 4 is 29.0 Å². The van der Waals surface area contributed by atoms with Gasteiger partial charge in [0.25, 0.3) is 11.1 Å². The van der Waals surface area contributed by atoms with Crippen molar-refractivity contribution in [1.29, 1.82) is 0 Å². The van der Waals surface area contributed by atoms with Gasteiger partial charge >= 0.3 is 0 Å². The lowest BCUT2D eigenvalue weighted by molar-refractivity contribution is -0.123. The number of carbonyl (C=O) groups excluding carboxylic acids is 2. The van der Waals surface area contributed by atoms with Crippen LogP contribution in [0.1, 0.15) is 16.7 Å². The number of hydrogen-bond donors (Lipinski definition) is 1. The predicted molar refractivity (Wildman–Crippen MR) is 102 cm³/mol. The molecule has 1 N–H and O–H groups in total. The van der Waals surface area contributed by atoms with Gasteiger partial charge in [0.05, 0.1) is 11.4 Å². The van der Waals surface area contributed by atoms with E-state index >= 15 is 0 Å². The minimum atomic E-state index is -0.367. The van der Waals surface area contributed by atoms with Gasteiger partial charge < -0.3 is 9.84 Å². The minimum absolute atomic E-state index is 0.0742. The van der Waals surface area contributed by atoms with Crippen molar-refractivity contribution < 1.29 is 19.4 Å². The quantitative estimate of drug-likeness (QED) is 0.803. The van der Waals surface area contributed by atoms with Gasteiger partial charge in [0.2, 0.25) is 0 Å². The maximum absolute atomic E-state index is 12.5. The fraction of sp³-hybridized carbons (Fsp3) is 0.200. The van der Waals surface area contributed by atoms with Crippen LogP contribution in [0.4, 0.5) is 4.79 Å². The lowest BCUT2D eigenvalue weighted by atomic mass is 10.1. The zero-order valence-corrected chi connectivity index (χ0v) is 15.4. The zero-order valence-electron chi connectivity index (χ0n) is 14.6. The van der Waals surface area contributed by atoms with Crippen molar-refractivity contribution in [3.63, 3.8) is 0 Å². The lowest BCUT2D eigenvalue weighted by Gasteiger charge is -2.13. The lowest BCUT2D eigenvalue weighted by Crippen LogP contribution is -2.32. The molecule has 2 amide bonds. The molecule has 0 spiro atoms. The van der Waals surface area contributed by atoms with E-state index in [1.165, 1.54) is 0 Å². The first-order chi connectivity index (χ1) is 12.4. The Hall–Kier alpha value is -2.73. The molecule has 1 aliphatic heterocycles. The highest BCUT2D eigenvalue weighted by Crippen LogP contribution is 2.33. The Morgan fingerprint density at radius 3 is 2.50 bits per heavy atom. The van der Waals surface area contributed by atoms with Gasteiger partial charge in [-0.3, -0.25) is 14.5 Å². The molecule has 134 valence electrons. The van der Waals surface area contributed by atoms with E-state index in [1.807, 2.05) is 38.1 Å². The molecule has 1 saturated heterocycles.